The average molecular weight is 424 g/mol. The number of benzene rings is 1. The molecular formula is C15H19F3N4O3S2. The maximum absolute atomic E-state index is 12.2. The molecule has 0 aliphatic heterocycles. The van der Waals surface area contributed by atoms with E-state index in [0.29, 0.717) is 22.7 Å². The first-order chi connectivity index (χ1) is 12.6. The number of aromatic amines is 1. The second-order valence-electron chi connectivity index (χ2n) is 5.65. The highest BCUT2D eigenvalue weighted by Crippen LogP contribution is 2.22. The molecule has 3 N–H and O–H groups in total. The van der Waals surface area contributed by atoms with Gasteiger partial charge in [-0.05, 0) is 24.6 Å². The molecule has 150 valence electrons. The molecule has 1 aromatic heterocycles. The van der Waals surface area contributed by atoms with Crippen molar-refractivity contribution in [2.75, 3.05) is 18.8 Å². The van der Waals surface area contributed by atoms with Crippen LogP contribution in [0.4, 0.5) is 13.2 Å². The van der Waals surface area contributed by atoms with Crippen LogP contribution in [-0.4, -0.2) is 49.3 Å². The van der Waals surface area contributed by atoms with Gasteiger partial charge in [-0.2, -0.15) is 13.2 Å². The number of amides is 1. The van der Waals surface area contributed by atoms with Gasteiger partial charge in [-0.25, -0.2) is 18.1 Å². The molecule has 7 nitrogen and oxygen atoms in total. The lowest BCUT2D eigenvalue weighted by Crippen LogP contribution is -2.34. The number of carbonyl (C=O) groups excluding carboxylic acids is 1. The van der Waals surface area contributed by atoms with Gasteiger partial charge >= 0.3 is 6.18 Å². The van der Waals surface area contributed by atoms with Crippen molar-refractivity contribution in [3.8, 4) is 0 Å². The molecule has 0 spiro atoms. The van der Waals surface area contributed by atoms with E-state index in [-0.39, 0.29) is 10.6 Å². The third-order valence-electron chi connectivity index (χ3n) is 3.39. The number of thioether (sulfide) groups is 1. The van der Waals surface area contributed by atoms with E-state index in [1.807, 2.05) is 6.92 Å². The number of nitrogens with one attached hydrogen (secondary N) is 3. The van der Waals surface area contributed by atoms with E-state index < -0.39 is 28.7 Å². The number of alkyl halides is 3. The van der Waals surface area contributed by atoms with Crippen molar-refractivity contribution in [2.45, 2.75) is 36.0 Å². The summed E-state index contributed by atoms with van der Waals surface area (Å²) in [6.45, 7) is 0.903. The first kappa shape index (κ1) is 21.5. The van der Waals surface area contributed by atoms with Gasteiger partial charge in [0.2, 0.25) is 15.9 Å². The molecule has 27 heavy (non-hydrogen) atoms. The van der Waals surface area contributed by atoms with Crippen LogP contribution in [0.2, 0.25) is 0 Å². The quantitative estimate of drug-likeness (QED) is 0.424. The molecule has 1 aromatic carbocycles. The van der Waals surface area contributed by atoms with Crippen molar-refractivity contribution in [3.05, 3.63) is 18.2 Å². The van der Waals surface area contributed by atoms with Gasteiger partial charge in [0.25, 0.3) is 0 Å². The standard InChI is InChI=1S/C15H19F3N4O3S2/c1-2-3-6-20-27(24,25)10-4-5-11-12(7-10)22-14(21-11)26-8-13(23)19-9-15(16,17)18/h4-5,7,20H,2-3,6,8-9H2,1H3,(H,19,23)(H,21,22). The molecule has 2 aromatic rings. The van der Waals surface area contributed by atoms with E-state index in [4.69, 9.17) is 0 Å². The maximum Gasteiger partial charge on any atom is 0.405 e. The van der Waals surface area contributed by atoms with Crippen LogP contribution in [0.1, 0.15) is 19.8 Å². The van der Waals surface area contributed by atoms with Gasteiger partial charge in [0, 0.05) is 6.54 Å². The number of halogens is 3. The Morgan fingerprint density at radius 1 is 1.33 bits per heavy atom. The fourth-order valence-electron chi connectivity index (χ4n) is 2.05. The zero-order valence-electron chi connectivity index (χ0n) is 14.4. The Kier molecular flexibility index (Phi) is 7.12. The van der Waals surface area contributed by atoms with Gasteiger partial charge in [-0.15, -0.1) is 0 Å². The van der Waals surface area contributed by atoms with Crippen molar-refractivity contribution >= 4 is 38.7 Å². The van der Waals surface area contributed by atoms with Gasteiger partial charge in [-0.1, -0.05) is 25.1 Å². The number of hydrogen-bond donors (Lipinski definition) is 3. The van der Waals surface area contributed by atoms with Crippen molar-refractivity contribution in [3.63, 3.8) is 0 Å². The summed E-state index contributed by atoms with van der Waals surface area (Å²) in [6.07, 6.45) is -2.88. The number of rotatable bonds is 9. The molecule has 1 heterocycles. The van der Waals surface area contributed by atoms with Crippen LogP contribution in [0.5, 0.6) is 0 Å². The highest BCUT2D eigenvalue weighted by molar-refractivity contribution is 7.99. The van der Waals surface area contributed by atoms with Crippen molar-refractivity contribution in [2.24, 2.45) is 0 Å². The third kappa shape index (κ3) is 6.70. The van der Waals surface area contributed by atoms with Crippen LogP contribution >= 0.6 is 11.8 Å². The molecule has 0 radical (unpaired) electrons. The Bertz CT molecular complexity index is 897. The van der Waals surface area contributed by atoms with E-state index in [1.54, 1.807) is 5.32 Å². The summed E-state index contributed by atoms with van der Waals surface area (Å²) in [6, 6.07) is 4.36. The molecule has 0 saturated carbocycles. The van der Waals surface area contributed by atoms with Gasteiger partial charge in [0.05, 0.1) is 21.7 Å². The summed E-state index contributed by atoms with van der Waals surface area (Å²) in [5.74, 6) is -1.03. The van der Waals surface area contributed by atoms with Crippen molar-refractivity contribution in [1.82, 2.24) is 20.0 Å². The molecule has 0 saturated heterocycles. The molecular weight excluding hydrogens is 405 g/mol. The SMILES string of the molecule is CCCCNS(=O)(=O)c1ccc2nc(SCC(=O)NCC(F)(F)F)[nH]c2c1. The normalized spacial score (nSPS) is 12.4. The highest BCUT2D eigenvalue weighted by Gasteiger charge is 2.27. The molecule has 0 aliphatic rings. The predicted octanol–water partition coefficient (Wildman–Crippen LogP) is 2.41. The highest BCUT2D eigenvalue weighted by atomic mass is 32.2. The predicted molar refractivity (Wildman–Crippen MR) is 96.0 cm³/mol. The molecule has 0 fully saturated rings. The lowest BCUT2D eigenvalue weighted by atomic mass is 10.3. The summed E-state index contributed by atoms with van der Waals surface area (Å²) >= 11 is 0.924. The molecule has 0 bridgehead atoms. The number of nitrogens with zero attached hydrogens (tertiary/aromatic N) is 1. The van der Waals surface area contributed by atoms with Crippen molar-refractivity contribution < 1.29 is 26.4 Å². The van der Waals surface area contributed by atoms with Crippen molar-refractivity contribution in [1.29, 1.82) is 0 Å². The van der Waals surface area contributed by atoms with E-state index in [0.717, 1.165) is 24.6 Å². The average Bonchev–Trinajstić information content (AvgIpc) is 2.99. The number of hydrogen-bond acceptors (Lipinski definition) is 5. The smallest absolute Gasteiger partial charge is 0.346 e. The van der Waals surface area contributed by atoms with E-state index in [2.05, 4.69) is 14.7 Å². The second kappa shape index (κ2) is 8.93. The summed E-state index contributed by atoms with van der Waals surface area (Å²) in [5.41, 5.74) is 0.937. The topological polar surface area (TPSA) is 104 Å². The monoisotopic (exact) mass is 424 g/mol. The minimum absolute atomic E-state index is 0.0780. The Morgan fingerprint density at radius 2 is 2.07 bits per heavy atom. The van der Waals surface area contributed by atoms with Gasteiger partial charge in [0.15, 0.2) is 5.16 Å². The fourth-order valence-corrected chi connectivity index (χ4v) is 3.87. The Hall–Kier alpha value is -1.79. The summed E-state index contributed by atoms with van der Waals surface area (Å²) in [4.78, 5) is 18.5. The van der Waals surface area contributed by atoms with Gasteiger partial charge in [0.1, 0.15) is 6.54 Å². The molecule has 12 heteroatoms. The minimum atomic E-state index is -4.47. The summed E-state index contributed by atoms with van der Waals surface area (Å²) in [7, 11) is -3.64. The largest absolute Gasteiger partial charge is 0.405 e. The maximum atomic E-state index is 12.2. The number of imidazole rings is 1. The molecule has 2 rings (SSSR count). The fraction of sp³-hybridized carbons (Fsp3) is 0.467. The van der Waals surface area contributed by atoms with Crippen LogP contribution in [0.15, 0.2) is 28.3 Å². The number of fused-ring (bicyclic) bond motifs is 1. The lowest BCUT2D eigenvalue weighted by molar-refractivity contribution is -0.136. The van der Waals surface area contributed by atoms with Gasteiger partial charge in [-0.3, -0.25) is 4.79 Å². The molecule has 0 unspecified atom stereocenters. The Balaban J connectivity index is 2.02. The van der Waals surface area contributed by atoms with Gasteiger partial charge < -0.3 is 10.3 Å². The summed E-state index contributed by atoms with van der Waals surface area (Å²) < 4.78 is 63.1. The van der Waals surface area contributed by atoms with E-state index >= 15 is 0 Å². The zero-order valence-corrected chi connectivity index (χ0v) is 16.0. The Labute approximate surface area is 158 Å². The van der Waals surface area contributed by atoms with Crippen LogP contribution < -0.4 is 10.0 Å². The minimum Gasteiger partial charge on any atom is -0.346 e. The number of unbranched alkanes of at least 4 members (excludes halogenated alkanes) is 1. The summed E-state index contributed by atoms with van der Waals surface area (Å²) in [5, 5.41) is 2.07. The molecule has 0 aliphatic carbocycles. The van der Waals surface area contributed by atoms with Crippen LogP contribution in [0.3, 0.4) is 0 Å². The third-order valence-corrected chi connectivity index (χ3v) is 5.72. The van der Waals surface area contributed by atoms with Crippen LogP contribution in [0, 0.1) is 0 Å². The number of carbonyl (C=O) groups is 1. The van der Waals surface area contributed by atoms with Crippen LogP contribution in [-0.2, 0) is 14.8 Å². The first-order valence-corrected chi connectivity index (χ1v) is 10.5. The van der Waals surface area contributed by atoms with E-state index in [1.165, 1.54) is 18.2 Å². The lowest BCUT2D eigenvalue weighted by Gasteiger charge is -2.07. The number of sulfonamides is 1. The number of H-pyrrole nitrogens is 1. The number of aromatic nitrogens is 2. The second-order valence-corrected chi connectivity index (χ2v) is 8.38. The first-order valence-electron chi connectivity index (χ1n) is 8.06. The van der Waals surface area contributed by atoms with Crippen LogP contribution in [0.25, 0.3) is 11.0 Å². The zero-order chi connectivity index (χ0) is 20.1. The van der Waals surface area contributed by atoms with E-state index in [9.17, 15) is 26.4 Å². The molecule has 0 atom stereocenters. The molecule has 1 amide bonds. The Morgan fingerprint density at radius 3 is 2.74 bits per heavy atom.